The third-order valence-electron chi connectivity index (χ3n) is 3.60. The van der Waals surface area contributed by atoms with Crippen molar-refractivity contribution >= 4 is 6.08 Å². The van der Waals surface area contributed by atoms with E-state index in [-0.39, 0.29) is 0 Å². The molecule has 0 spiro atoms. The number of rotatable bonds is 8. The molecule has 23 heavy (non-hydrogen) atoms. The Morgan fingerprint density at radius 3 is 1.91 bits per heavy atom. The van der Waals surface area contributed by atoms with Gasteiger partial charge in [-0.3, -0.25) is 0 Å². The van der Waals surface area contributed by atoms with Gasteiger partial charge in [-0.15, -0.1) is 0 Å². The fraction of sp³-hybridized carbons (Fsp3) is 0.263. The van der Waals surface area contributed by atoms with Gasteiger partial charge in [-0.05, 0) is 28.8 Å². The number of ether oxygens (including phenoxy) is 3. The van der Waals surface area contributed by atoms with Crippen molar-refractivity contribution in [3.05, 3.63) is 59.7 Å². The van der Waals surface area contributed by atoms with Crippen LogP contribution in [0.2, 0.25) is 0 Å². The van der Waals surface area contributed by atoms with Gasteiger partial charge in [-0.1, -0.05) is 36.9 Å². The predicted octanol–water partition coefficient (Wildman–Crippen LogP) is 3.65. The zero-order valence-corrected chi connectivity index (χ0v) is 13.9. The molecule has 0 heterocycles. The molecule has 0 amide bonds. The van der Waals surface area contributed by atoms with Gasteiger partial charge in [0.05, 0.1) is 21.3 Å². The smallest absolute Gasteiger partial charge is 0.203 e. The minimum Gasteiger partial charge on any atom is -0.493 e. The van der Waals surface area contributed by atoms with Crippen molar-refractivity contribution in [1.29, 1.82) is 0 Å². The van der Waals surface area contributed by atoms with Crippen LogP contribution in [-0.2, 0) is 13.1 Å². The second kappa shape index (κ2) is 8.25. The molecule has 2 rings (SSSR count). The molecule has 0 aromatic heterocycles. The van der Waals surface area contributed by atoms with Crippen LogP contribution in [0.3, 0.4) is 0 Å². The van der Waals surface area contributed by atoms with Crippen molar-refractivity contribution < 1.29 is 14.2 Å². The number of hydrogen-bond donors (Lipinski definition) is 1. The molecule has 0 fully saturated rings. The van der Waals surface area contributed by atoms with Crippen LogP contribution in [-0.4, -0.2) is 21.3 Å². The first-order valence-corrected chi connectivity index (χ1v) is 7.42. The summed E-state index contributed by atoms with van der Waals surface area (Å²) in [5, 5.41) is 3.42. The summed E-state index contributed by atoms with van der Waals surface area (Å²) in [6.45, 7) is 5.25. The third-order valence-corrected chi connectivity index (χ3v) is 3.60. The largest absolute Gasteiger partial charge is 0.493 e. The Morgan fingerprint density at radius 1 is 0.870 bits per heavy atom. The van der Waals surface area contributed by atoms with Crippen LogP contribution in [0.4, 0.5) is 0 Å². The first kappa shape index (κ1) is 16.9. The molecule has 0 radical (unpaired) electrons. The first-order chi connectivity index (χ1) is 11.2. The van der Waals surface area contributed by atoms with Gasteiger partial charge in [0.2, 0.25) is 5.75 Å². The van der Waals surface area contributed by atoms with Crippen molar-refractivity contribution in [3.63, 3.8) is 0 Å². The van der Waals surface area contributed by atoms with Crippen LogP contribution in [0.25, 0.3) is 6.08 Å². The molecule has 0 aliphatic carbocycles. The Hall–Kier alpha value is -2.46. The summed E-state index contributed by atoms with van der Waals surface area (Å²) < 4.78 is 16.1. The van der Waals surface area contributed by atoms with Crippen molar-refractivity contribution in [2.45, 2.75) is 13.1 Å². The second-order valence-electron chi connectivity index (χ2n) is 5.08. The van der Waals surface area contributed by atoms with Crippen LogP contribution in [0, 0.1) is 0 Å². The van der Waals surface area contributed by atoms with E-state index in [1.165, 1.54) is 5.56 Å². The lowest BCUT2D eigenvalue weighted by atomic mass is 10.1. The van der Waals surface area contributed by atoms with Gasteiger partial charge in [0.15, 0.2) is 11.5 Å². The van der Waals surface area contributed by atoms with E-state index >= 15 is 0 Å². The Morgan fingerprint density at radius 2 is 1.43 bits per heavy atom. The molecule has 0 atom stereocenters. The average Bonchev–Trinajstić information content (AvgIpc) is 2.61. The maximum Gasteiger partial charge on any atom is 0.203 e. The maximum atomic E-state index is 5.37. The molecule has 122 valence electrons. The quantitative estimate of drug-likeness (QED) is 0.807. The standard InChI is InChI=1S/C19H23NO3/c1-5-14-6-8-15(9-7-14)12-20-13-16-10-17(21-2)19(23-4)18(11-16)22-3/h5-11,20H,1,12-13H2,2-4H3. The summed E-state index contributed by atoms with van der Waals surface area (Å²) in [6.07, 6.45) is 1.84. The Labute approximate surface area is 137 Å². The van der Waals surface area contributed by atoms with Crippen LogP contribution in [0.15, 0.2) is 43.0 Å². The van der Waals surface area contributed by atoms with E-state index in [2.05, 4.69) is 36.2 Å². The van der Waals surface area contributed by atoms with Gasteiger partial charge in [0.25, 0.3) is 0 Å². The van der Waals surface area contributed by atoms with Crippen LogP contribution in [0.1, 0.15) is 16.7 Å². The molecule has 4 nitrogen and oxygen atoms in total. The fourth-order valence-electron chi connectivity index (χ4n) is 2.36. The van der Waals surface area contributed by atoms with Crippen molar-refractivity contribution in [1.82, 2.24) is 5.32 Å². The van der Waals surface area contributed by atoms with Crippen molar-refractivity contribution in [2.24, 2.45) is 0 Å². The SMILES string of the molecule is C=Cc1ccc(CNCc2cc(OC)c(OC)c(OC)c2)cc1. The van der Waals surface area contributed by atoms with Gasteiger partial charge < -0.3 is 19.5 Å². The lowest BCUT2D eigenvalue weighted by molar-refractivity contribution is 0.323. The lowest BCUT2D eigenvalue weighted by Gasteiger charge is -2.14. The maximum absolute atomic E-state index is 5.37. The number of benzene rings is 2. The normalized spacial score (nSPS) is 10.2. The van der Waals surface area contributed by atoms with Crippen LogP contribution >= 0.6 is 0 Å². The highest BCUT2D eigenvalue weighted by atomic mass is 16.5. The van der Waals surface area contributed by atoms with Gasteiger partial charge in [0.1, 0.15) is 0 Å². The highest BCUT2D eigenvalue weighted by molar-refractivity contribution is 5.53. The Balaban J connectivity index is 2.03. The summed E-state index contributed by atoms with van der Waals surface area (Å²) in [7, 11) is 4.84. The zero-order chi connectivity index (χ0) is 16.7. The van der Waals surface area contributed by atoms with Gasteiger partial charge >= 0.3 is 0 Å². The molecule has 0 saturated carbocycles. The third kappa shape index (κ3) is 4.27. The van der Waals surface area contributed by atoms with E-state index in [0.29, 0.717) is 23.8 Å². The second-order valence-corrected chi connectivity index (χ2v) is 5.08. The minimum absolute atomic E-state index is 0.610. The van der Waals surface area contributed by atoms with Crippen molar-refractivity contribution in [2.75, 3.05) is 21.3 Å². The molecule has 0 aliphatic heterocycles. The first-order valence-electron chi connectivity index (χ1n) is 7.42. The average molecular weight is 313 g/mol. The van der Waals surface area contributed by atoms with E-state index in [1.807, 2.05) is 18.2 Å². The monoisotopic (exact) mass is 313 g/mol. The van der Waals surface area contributed by atoms with Gasteiger partial charge in [-0.25, -0.2) is 0 Å². The topological polar surface area (TPSA) is 39.7 Å². The fourth-order valence-corrected chi connectivity index (χ4v) is 2.36. The molecule has 2 aromatic carbocycles. The summed E-state index contributed by atoms with van der Waals surface area (Å²) in [5.74, 6) is 1.94. The molecular weight excluding hydrogens is 290 g/mol. The molecular formula is C19H23NO3. The van der Waals surface area contributed by atoms with E-state index in [1.54, 1.807) is 21.3 Å². The molecule has 2 aromatic rings. The minimum atomic E-state index is 0.610. The molecule has 0 bridgehead atoms. The summed E-state index contributed by atoms with van der Waals surface area (Å²) in [6, 6.07) is 12.2. The van der Waals surface area contributed by atoms with Gasteiger partial charge in [0, 0.05) is 13.1 Å². The Kier molecular flexibility index (Phi) is 6.06. The van der Waals surface area contributed by atoms with Crippen LogP contribution in [0.5, 0.6) is 17.2 Å². The van der Waals surface area contributed by atoms with E-state index < -0.39 is 0 Å². The van der Waals surface area contributed by atoms with E-state index in [0.717, 1.165) is 17.7 Å². The molecule has 1 N–H and O–H groups in total. The summed E-state index contributed by atoms with van der Waals surface area (Å²) in [5.41, 5.74) is 3.42. The number of hydrogen-bond acceptors (Lipinski definition) is 4. The molecule has 0 aliphatic rings. The highest BCUT2D eigenvalue weighted by Gasteiger charge is 2.12. The van der Waals surface area contributed by atoms with Crippen molar-refractivity contribution in [3.8, 4) is 17.2 Å². The predicted molar refractivity (Wildman–Crippen MR) is 93.2 cm³/mol. The number of methoxy groups -OCH3 is 3. The van der Waals surface area contributed by atoms with Crippen LogP contribution < -0.4 is 19.5 Å². The molecule has 4 heteroatoms. The summed E-state index contributed by atoms with van der Waals surface area (Å²) in [4.78, 5) is 0. The molecule has 0 saturated heterocycles. The van der Waals surface area contributed by atoms with E-state index in [9.17, 15) is 0 Å². The van der Waals surface area contributed by atoms with E-state index in [4.69, 9.17) is 14.2 Å². The Bertz CT molecular complexity index is 625. The lowest BCUT2D eigenvalue weighted by Crippen LogP contribution is -2.13. The highest BCUT2D eigenvalue weighted by Crippen LogP contribution is 2.38. The van der Waals surface area contributed by atoms with Gasteiger partial charge in [-0.2, -0.15) is 0 Å². The number of nitrogens with one attached hydrogen (secondary N) is 1. The summed E-state index contributed by atoms with van der Waals surface area (Å²) >= 11 is 0. The molecule has 0 unspecified atom stereocenters. The zero-order valence-electron chi connectivity index (χ0n) is 13.9.